The van der Waals surface area contributed by atoms with Crippen LogP contribution in [-0.2, 0) is 4.79 Å². The van der Waals surface area contributed by atoms with Crippen molar-refractivity contribution in [3.05, 3.63) is 29.3 Å². The van der Waals surface area contributed by atoms with Crippen LogP contribution in [0.2, 0.25) is 0 Å². The quantitative estimate of drug-likeness (QED) is 0.717. The molecule has 0 spiro atoms. The molecule has 4 nitrogen and oxygen atoms in total. The smallest absolute Gasteiger partial charge is 0.220 e. The number of benzene rings is 1. The van der Waals surface area contributed by atoms with E-state index in [-0.39, 0.29) is 11.9 Å². The molecule has 0 saturated carbocycles. The number of nitrogens with one attached hydrogen (secondary N) is 2. The molecule has 4 N–H and O–H groups in total. The molecule has 1 unspecified atom stereocenters. The van der Waals surface area contributed by atoms with Gasteiger partial charge in [-0.05, 0) is 25.5 Å². The number of anilines is 1. The van der Waals surface area contributed by atoms with Crippen LogP contribution in [0.1, 0.15) is 24.0 Å². The number of amides is 1. The number of hydrogen-bond acceptors (Lipinski definition) is 3. The molecule has 1 aromatic rings. The van der Waals surface area contributed by atoms with E-state index in [0.717, 1.165) is 23.2 Å². The van der Waals surface area contributed by atoms with Gasteiger partial charge in [-0.2, -0.15) is 0 Å². The average molecular weight is 263 g/mol. The number of hydrogen-bond donors (Lipinski definition) is 3. The Hall–Kier alpha value is -1.62. The Morgan fingerprint density at radius 3 is 3.00 bits per heavy atom. The van der Waals surface area contributed by atoms with Gasteiger partial charge in [0.1, 0.15) is 4.99 Å². The number of nitrogens with two attached hydrogens (primary N) is 1. The second-order valence-corrected chi connectivity index (χ2v) is 5.04. The highest BCUT2D eigenvalue weighted by atomic mass is 32.1. The first-order valence-corrected chi connectivity index (χ1v) is 6.41. The Bertz CT molecular complexity index is 487. The maximum absolute atomic E-state index is 11.1. The van der Waals surface area contributed by atoms with Gasteiger partial charge in [0.15, 0.2) is 0 Å². The third kappa shape index (κ3) is 2.98. The van der Waals surface area contributed by atoms with Crippen molar-refractivity contribution in [2.75, 3.05) is 11.9 Å². The second-order valence-electron chi connectivity index (χ2n) is 4.60. The van der Waals surface area contributed by atoms with Gasteiger partial charge in [0.2, 0.25) is 5.91 Å². The number of thiocarbonyl (C=S) groups is 1. The lowest BCUT2D eigenvalue weighted by atomic mass is 10.1. The van der Waals surface area contributed by atoms with Crippen molar-refractivity contribution in [2.24, 2.45) is 5.73 Å². The van der Waals surface area contributed by atoms with E-state index in [1.165, 1.54) is 0 Å². The van der Waals surface area contributed by atoms with Gasteiger partial charge in [0.25, 0.3) is 0 Å². The summed E-state index contributed by atoms with van der Waals surface area (Å²) in [7, 11) is 0. The van der Waals surface area contributed by atoms with Crippen LogP contribution in [0.4, 0.5) is 5.69 Å². The Balaban J connectivity index is 2.04. The predicted molar refractivity (Wildman–Crippen MR) is 76.7 cm³/mol. The molecule has 18 heavy (non-hydrogen) atoms. The van der Waals surface area contributed by atoms with Crippen molar-refractivity contribution < 1.29 is 4.79 Å². The van der Waals surface area contributed by atoms with Crippen LogP contribution < -0.4 is 16.4 Å². The van der Waals surface area contributed by atoms with Crippen LogP contribution in [0, 0.1) is 6.92 Å². The average Bonchev–Trinajstić information content (AvgIpc) is 2.73. The molecule has 96 valence electrons. The van der Waals surface area contributed by atoms with Crippen molar-refractivity contribution in [3.63, 3.8) is 0 Å². The lowest BCUT2D eigenvalue weighted by Gasteiger charge is -2.15. The van der Waals surface area contributed by atoms with E-state index in [9.17, 15) is 4.79 Å². The second kappa shape index (κ2) is 5.35. The van der Waals surface area contributed by atoms with E-state index in [1.54, 1.807) is 0 Å². The summed E-state index contributed by atoms with van der Waals surface area (Å²) in [6.07, 6.45) is 1.49. The number of carbonyl (C=O) groups excluding carboxylic acids is 1. The van der Waals surface area contributed by atoms with E-state index in [0.29, 0.717) is 18.0 Å². The zero-order valence-corrected chi connectivity index (χ0v) is 11.1. The first kappa shape index (κ1) is 12.8. The zero-order chi connectivity index (χ0) is 13.1. The normalized spacial score (nSPS) is 18.5. The third-order valence-corrected chi connectivity index (χ3v) is 3.28. The third-order valence-electron chi connectivity index (χ3n) is 3.06. The molecule has 1 saturated heterocycles. The van der Waals surface area contributed by atoms with Crippen LogP contribution in [0.3, 0.4) is 0 Å². The topological polar surface area (TPSA) is 67.2 Å². The Morgan fingerprint density at radius 2 is 2.39 bits per heavy atom. The number of carbonyl (C=O) groups is 1. The summed E-state index contributed by atoms with van der Waals surface area (Å²) in [4.78, 5) is 11.5. The van der Waals surface area contributed by atoms with Crippen molar-refractivity contribution in [2.45, 2.75) is 25.8 Å². The van der Waals surface area contributed by atoms with Crippen molar-refractivity contribution in [1.29, 1.82) is 0 Å². The van der Waals surface area contributed by atoms with Gasteiger partial charge in [-0.1, -0.05) is 23.8 Å². The Kier molecular flexibility index (Phi) is 3.81. The molecule has 5 heteroatoms. The molecule has 0 bridgehead atoms. The molecule has 1 atom stereocenters. The molecule has 1 amide bonds. The molecule has 2 rings (SSSR count). The lowest BCUT2D eigenvalue weighted by molar-refractivity contribution is -0.119. The fourth-order valence-electron chi connectivity index (χ4n) is 2.08. The van der Waals surface area contributed by atoms with E-state index in [2.05, 4.69) is 10.6 Å². The minimum Gasteiger partial charge on any atom is -0.389 e. The van der Waals surface area contributed by atoms with Gasteiger partial charge < -0.3 is 16.4 Å². The number of rotatable bonds is 4. The SMILES string of the molecule is Cc1ccc(NCC2CCC(=O)N2)c(C(N)=S)c1. The fourth-order valence-corrected chi connectivity index (χ4v) is 2.25. The molecule has 0 radical (unpaired) electrons. The largest absolute Gasteiger partial charge is 0.389 e. The first-order valence-electron chi connectivity index (χ1n) is 6.00. The van der Waals surface area contributed by atoms with E-state index < -0.39 is 0 Å². The summed E-state index contributed by atoms with van der Waals surface area (Å²) in [5.41, 5.74) is 8.61. The van der Waals surface area contributed by atoms with Gasteiger partial charge in [-0.15, -0.1) is 0 Å². The van der Waals surface area contributed by atoms with E-state index >= 15 is 0 Å². The van der Waals surface area contributed by atoms with Crippen LogP contribution >= 0.6 is 12.2 Å². The highest BCUT2D eigenvalue weighted by Gasteiger charge is 2.20. The summed E-state index contributed by atoms with van der Waals surface area (Å²) >= 11 is 5.04. The molecule has 1 heterocycles. The molecular formula is C13H17N3OS. The summed E-state index contributed by atoms with van der Waals surface area (Å²) in [6.45, 7) is 2.70. The Labute approximate surface area is 112 Å². The molecular weight excluding hydrogens is 246 g/mol. The summed E-state index contributed by atoms with van der Waals surface area (Å²) in [6, 6.07) is 6.15. The maximum Gasteiger partial charge on any atom is 0.220 e. The summed E-state index contributed by atoms with van der Waals surface area (Å²) < 4.78 is 0. The maximum atomic E-state index is 11.1. The van der Waals surface area contributed by atoms with Gasteiger partial charge in [-0.3, -0.25) is 4.79 Å². The van der Waals surface area contributed by atoms with E-state index in [4.69, 9.17) is 18.0 Å². The van der Waals surface area contributed by atoms with Crippen LogP contribution in [0.5, 0.6) is 0 Å². The first-order chi connectivity index (χ1) is 8.56. The highest BCUT2D eigenvalue weighted by molar-refractivity contribution is 7.80. The zero-order valence-electron chi connectivity index (χ0n) is 10.3. The van der Waals surface area contributed by atoms with Crippen molar-refractivity contribution in [1.82, 2.24) is 5.32 Å². The van der Waals surface area contributed by atoms with Gasteiger partial charge >= 0.3 is 0 Å². The summed E-state index contributed by atoms with van der Waals surface area (Å²) in [5.74, 6) is 0.125. The Morgan fingerprint density at radius 1 is 1.61 bits per heavy atom. The summed E-state index contributed by atoms with van der Waals surface area (Å²) in [5, 5.41) is 6.22. The van der Waals surface area contributed by atoms with Crippen LogP contribution in [0.25, 0.3) is 0 Å². The minimum atomic E-state index is 0.125. The van der Waals surface area contributed by atoms with Crippen LogP contribution in [0.15, 0.2) is 18.2 Å². The fraction of sp³-hybridized carbons (Fsp3) is 0.385. The van der Waals surface area contributed by atoms with Gasteiger partial charge in [0, 0.05) is 30.3 Å². The molecule has 1 aliphatic heterocycles. The van der Waals surface area contributed by atoms with Crippen molar-refractivity contribution in [3.8, 4) is 0 Å². The predicted octanol–water partition coefficient (Wildman–Crippen LogP) is 1.32. The molecule has 0 aliphatic carbocycles. The van der Waals surface area contributed by atoms with E-state index in [1.807, 2.05) is 25.1 Å². The lowest BCUT2D eigenvalue weighted by Crippen LogP contribution is -2.32. The number of aryl methyl sites for hydroxylation is 1. The molecule has 0 aromatic heterocycles. The van der Waals surface area contributed by atoms with Crippen molar-refractivity contribution >= 4 is 28.8 Å². The molecule has 1 aromatic carbocycles. The van der Waals surface area contributed by atoms with Gasteiger partial charge in [-0.25, -0.2) is 0 Å². The van der Waals surface area contributed by atoms with Gasteiger partial charge in [0.05, 0.1) is 0 Å². The van der Waals surface area contributed by atoms with Crippen LogP contribution in [-0.4, -0.2) is 23.5 Å². The highest BCUT2D eigenvalue weighted by Crippen LogP contribution is 2.18. The molecule has 1 fully saturated rings. The standard InChI is InChI=1S/C13H17N3OS/c1-8-2-4-11(10(6-8)13(14)18)15-7-9-3-5-12(17)16-9/h2,4,6,9,15H,3,5,7H2,1H3,(H2,14,18)(H,16,17). The minimum absolute atomic E-state index is 0.125. The molecule has 1 aliphatic rings. The monoisotopic (exact) mass is 263 g/mol.